The number of anilines is 2. The maximum Gasteiger partial charge on any atom is 0.264 e. The van der Waals surface area contributed by atoms with Crippen molar-refractivity contribution in [3.05, 3.63) is 18.2 Å². The molecule has 1 aromatic rings. The lowest BCUT2D eigenvalue weighted by Crippen LogP contribution is -2.35. The standard InChI is InChI=1S/C11H13N3O3/c1-14-8-4-7(13-5-10(12)15)2-3-9(8)17-6-11(14)16/h2-4,13H,5-6H2,1H3,(H2,12,15). The number of amides is 2. The first-order valence-electron chi connectivity index (χ1n) is 5.13. The van der Waals surface area contributed by atoms with Gasteiger partial charge in [0.05, 0.1) is 12.2 Å². The largest absolute Gasteiger partial charge is 0.482 e. The van der Waals surface area contributed by atoms with Gasteiger partial charge < -0.3 is 20.7 Å². The molecule has 6 heteroatoms. The number of primary amides is 1. The Hall–Kier alpha value is -2.24. The molecule has 0 saturated heterocycles. The van der Waals surface area contributed by atoms with Crippen molar-refractivity contribution in [1.82, 2.24) is 0 Å². The van der Waals surface area contributed by atoms with E-state index in [4.69, 9.17) is 10.5 Å². The van der Waals surface area contributed by atoms with E-state index in [2.05, 4.69) is 5.32 Å². The maximum atomic E-state index is 11.4. The monoisotopic (exact) mass is 235 g/mol. The van der Waals surface area contributed by atoms with E-state index in [1.165, 1.54) is 4.90 Å². The molecule has 0 spiro atoms. The molecule has 2 rings (SSSR count). The van der Waals surface area contributed by atoms with Gasteiger partial charge in [-0.1, -0.05) is 0 Å². The van der Waals surface area contributed by atoms with E-state index in [1.54, 1.807) is 25.2 Å². The normalized spacial score (nSPS) is 13.9. The van der Waals surface area contributed by atoms with Crippen LogP contribution in [0.4, 0.5) is 11.4 Å². The van der Waals surface area contributed by atoms with Crippen molar-refractivity contribution in [2.75, 3.05) is 30.4 Å². The second-order valence-corrected chi connectivity index (χ2v) is 3.74. The van der Waals surface area contributed by atoms with Crippen LogP contribution in [0.5, 0.6) is 5.75 Å². The first kappa shape index (κ1) is 11.3. The van der Waals surface area contributed by atoms with Crippen molar-refractivity contribution >= 4 is 23.2 Å². The maximum absolute atomic E-state index is 11.4. The van der Waals surface area contributed by atoms with Crippen molar-refractivity contribution < 1.29 is 14.3 Å². The van der Waals surface area contributed by atoms with Gasteiger partial charge in [0.25, 0.3) is 5.91 Å². The Labute approximate surface area is 98.3 Å². The molecule has 1 heterocycles. The zero-order valence-corrected chi connectivity index (χ0v) is 9.40. The Morgan fingerprint density at radius 2 is 2.35 bits per heavy atom. The quantitative estimate of drug-likeness (QED) is 0.768. The summed E-state index contributed by atoms with van der Waals surface area (Å²) in [5.74, 6) is 0.102. The minimum Gasteiger partial charge on any atom is -0.482 e. The van der Waals surface area contributed by atoms with Gasteiger partial charge >= 0.3 is 0 Å². The summed E-state index contributed by atoms with van der Waals surface area (Å²) in [6, 6.07) is 5.27. The van der Waals surface area contributed by atoms with Gasteiger partial charge in [0.15, 0.2) is 6.61 Å². The van der Waals surface area contributed by atoms with Crippen molar-refractivity contribution in [2.24, 2.45) is 5.73 Å². The molecule has 0 bridgehead atoms. The molecule has 1 aliphatic heterocycles. The summed E-state index contributed by atoms with van der Waals surface area (Å²) in [5, 5.41) is 2.86. The van der Waals surface area contributed by atoms with Crippen LogP contribution >= 0.6 is 0 Å². The Kier molecular flexibility index (Phi) is 2.86. The number of benzene rings is 1. The van der Waals surface area contributed by atoms with Crippen molar-refractivity contribution in [2.45, 2.75) is 0 Å². The highest BCUT2D eigenvalue weighted by molar-refractivity contribution is 5.98. The van der Waals surface area contributed by atoms with E-state index in [-0.39, 0.29) is 19.1 Å². The molecule has 0 saturated carbocycles. The van der Waals surface area contributed by atoms with Crippen molar-refractivity contribution in [3.63, 3.8) is 0 Å². The van der Waals surface area contributed by atoms with Crippen molar-refractivity contribution in [1.29, 1.82) is 0 Å². The highest BCUT2D eigenvalue weighted by atomic mass is 16.5. The van der Waals surface area contributed by atoms with Crippen LogP contribution in [0.1, 0.15) is 0 Å². The van der Waals surface area contributed by atoms with Gasteiger partial charge in [-0.05, 0) is 18.2 Å². The Morgan fingerprint density at radius 1 is 1.59 bits per heavy atom. The highest BCUT2D eigenvalue weighted by Crippen LogP contribution is 2.33. The third-order valence-electron chi connectivity index (χ3n) is 2.51. The molecule has 3 N–H and O–H groups in total. The molecular formula is C11H13N3O3. The molecule has 0 aromatic heterocycles. The van der Waals surface area contributed by atoms with Crippen LogP contribution in [0.3, 0.4) is 0 Å². The fourth-order valence-electron chi connectivity index (χ4n) is 1.57. The number of likely N-dealkylation sites (N-methyl/N-ethyl adjacent to an activating group) is 1. The summed E-state index contributed by atoms with van der Waals surface area (Å²) < 4.78 is 5.28. The lowest BCUT2D eigenvalue weighted by molar-refractivity contribution is -0.121. The van der Waals surface area contributed by atoms with Gasteiger partial charge in [-0.2, -0.15) is 0 Å². The predicted octanol–water partition coefficient (Wildman–Crippen LogP) is -0.0610. The Balaban J connectivity index is 2.23. The van der Waals surface area contributed by atoms with Gasteiger partial charge in [0, 0.05) is 12.7 Å². The van der Waals surface area contributed by atoms with E-state index in [9.17, 15) is 9.59 Å². The zero-order valence-electron chi connectivity index (χ0n) is 9.40. The number of ether oxygens (including phenoxy) is 1. The van der Waals surface area contributed by atoms with E-state index < -0.39 is 5.91 Å². The van der Waals surface area contributed by atoms with Crippen LogP contribution in [-0.2, 0) is 9.59 Å². The summed E-state index contributed by atoms with van der Waals surface area (Å²) >= 11 is 0. The zero-order chi connectivity index (χ0) is 12.4. The average molecular weight is 235 g/mol. The fourth-order valence-corrected chi connectivity index (χ4v) is 1.57. The Bertz CT molecular complexity index is 473. The van der Waals surface area contributed by atoms with E-state index >= 15 is 0 Å². The highest BCUT2D eigenvalue weighted by Gasteiger charge is 2.22. The summed E-state index contributed by atoms with van der Waals surface area (Å²) in [7, 11) is 1.68. The van der Waals surface area contributed by atoms with Crippen LogP contribution in [0, 0.1) is 0 Å². The molecule has 0 atom stereocenters. The molecular weight excluding hydrogens is 222 g/mol. The minimum atomic E-state index is -0.441. The fraction of sp³-hybridized carbons (Fsp3) is 0.273. The summed E-state index contributed by atoms with van der Waals surface area (Å²) in [6.45, 7) is 0.106. The molecule has 0 aliphatic carbocycles. The van der Waals surface area contributed by atoms with Gasteiger partial charge in [-0.25, -0.2) is 0 Å². The van der Waals surface area contributed by atoms with Gasteiger partial charge in [-0.15, -0.1) is 0 Å². The third kappa shape index (κ3) is 2.30. The van der Waals surface area contributed by atoms with E-state index in [0.717, 1.165) is 0 Å². The smallest absolute Gasteiger partial charge is 0.264 e. The molecule has 0 radical (unpaired) electrons. The summed E-state index contributed by atoms with van der Waals surface area (Å²) in [5.41, 5.74) is 6.43. The first-order valence-corrected chi connectivity index (χ1v) is 5.13. The number of nitrogens with zero attached hydrogens (tertiary/aromatic N) is 1. The number of nitrogens with two attached hydrogens (primary N) is 1. The number of hydrogen-bond acceptors (Lipinski definition) is 4. The number of rotatable bonds is 3. The molecule has 0 fully saturated rings. The number of carbonyl (C=O) groups excluding carboxylic acids is 2. The number of carbonyl (C=O) groups is 2. The molecule has 1 aromatic carbocycles. The average Bonchev–Trinajstić information content (AvgIpc) is 2.31. The van der Waals surface area contributed by atoms with E-state index in [1.807, 2.05) is 0 Å². The molecule has 2 amide bonds. The van der Waals surface area contributed by atoms with Gasteiger partial charge in [0.1, 0.15) is 5.75 Å². The SMILES string of the molecule is CN1C(=O)COc2ccc(NCC(N)=O)cc21. The second kappa shape index (κ2) is 4.32. The number of fused-ring (bicyclic) bond motifs is 1. The number of nitrogens with one attached hydrogen (secondary N) is 1. The lowest BCUT2D eigenvalue weighted by Gasteiger charge is -2.26. The van der Waals surface area contributed by atoms with Crippen LogP contribution in [0.25, 0.3) is 0 Å². The number of hydrogen-bond donors (Lipinski definition) is 2. The minimum absolute atomic E-state index is 0.0529. The van der Waals surface area contributed by atoms with E-state index in [0.29, 0.717) is 17.1 Å². The van der Waals surface area contributed by atoms with Gasteiger partial charge in [-0.3, -0.25) is 9.59 Å². The van der Waals surface area contributed by atoms with Crippen LogP contribution < -0.4 is 20.7 Å². The molecule has 6 nitrogen and oxygen atoms in total. The van der Waals surface area contributed by atoms with Crippen LogP contribution in [0.15, 0.2) is 18.2 Å². The molecule has 1 aliphatic rings. The molecule has 17 heavy (non-hydrogen) atoms. The Morgan fingerprint density at radius 3 is 3.06 bits per heavy atom. The molecule has 0 unspecified atom stereocenters. The predicted molar refractivity (Wildman–Crippen MR) is 63.0 cm³/mol. The third-order valence-corrected chi connectivity index (χ3v) is 2.51. The lowest BCUT2D eigenvalue weighted by atomic mass is 10.2. The van der Waals surface area contributed by atoms with Crippen LogP contribution in [-0.4, -0.2) is 32.0 Å². The summed E-state index contributed by atoms with van der Waals surface area (Å²) in [6.07, 6.45) is 0. The molecule has 90 valence electrons. The topological polar surface area (TPSA) is 84.7 Å². The summed E-state index contributed by atoms with van der Waals surface area (Å²) in [4.78, 5) is 23.6. The van der Waals surface area contributed by atoms with Crippen molar-refractivity contribution in [3.8, 4) is 5.75 Å². The first-order chi connectivity index (χ1) is 8.08. The van der Waals surface area contributed by atoms with Crippen LogP contribution in [0.2, 0.25) is 0 Å². The van der Waals surface area contributed by atoms with Gasteiger partial charge in [0.2, 0.25) is 5.91 Å². The second-order valence-electron chi connectivity index (χ2n) is 3.74.